The third kappa shape index (κ3) is 5.26. The molecule has 1 aromatic carbocycles. The van der Waals surface area contributed by atoms with Gasteiger partial charge >= 0.3 is 0 Å². The van der Waals surface area contributed by atoms with E-state index in [1.807, 2.05) is 47.9 Å². The second kappa shape index (κ2) is 9.42. The van der Waals surface area contributed by atoms with Crippen molar-refractivity contribution in [2.75, 3.05) is 11.9 Å². The summed E-state index contributed by atoms with van der Waals surface area (Å²) < 4.78 is 7.30. The number of thioether (sulfide) groups is 1. The van der Waals surface area contributed by atoms with Crippen molar-refractivity contribution in [2.24, 2.45) is 5.73 Å². The molecule has 2 N–H and O–H groups in total. The standard InChI is InChI=1S/C20H23N5O3S/c1-14(19(27)24(2)15-7-4-3-5-8-15)29-20-23-22-18(11-10-17(21)26)25(20)13-16-9-6-12-28-16/h3-9,12,14H,10-11,13H2,1-2H3,(H2,21,26). The average Bonchev–Trinajstić information content (AvgIpc) is 3.37. The van der Waals surface area contributed by atoms with Crippen molar-refractivity contribution in [1.29, 1.82) is 0 Å². The summed E-state index contributed by atoms with van der Waals surface area (Å²) >= 11 is 1.32. The maximum atomic E-state index is 12.9. The first-order chi connectivity index (χ1) is 14.0. The van der Waals surface area contributed by atoms with Crippen molar-refractivity contribution in [2.45, 2.75) is 36.7 Å². The van der Waals surface area contributed by atoms with Crippen molar-refractivity contribution < 1.29 is 14.0 Å². The van der Waals surface area contributed by atoms with Crippen molar-refractivity contribution >= 4 is 29.3 Å². The topological polar surface area (TPSA) is 107 Å². The van der Waals surface area contributed by atoms with E-state index >= 15 is 0 Å². The number of para-hydroxylation sites is 1. The number of furan rings is 1. The molecule has 0 saturated carbocycles. The highest BCUT2D eigenvalue weighted by Crippen LogP contribution is 2.26. The molecule has 0 fully saturated rings. The van der Waals surface area contributed by atoms with Gasteiger partial charge in [-0.2, -0.15) is 0 Å². The maximum Gasteiger partial charge on any atom is 0.240 e. The Balaban J connectivity index is 1.78. The smallest absolute Gasteiger partial charge is 0.240 e. The number of hydrogen-bond donors (Lipinski definition) is 1. The fourth-order valence-corrected chi connectivity index (χ4v) is 3.76. The molecular weight excluding hydrogens is 390 g/mol. The Hall–Kier alpha value is -3.07. The lowest BCUT2D eigenvalue weighted by atomic mass is 10.3. The van der Waals surface area contributed by atoms with E-state index < -0.39 is 5.91 Å². The van der Waals surface area contributed by atoms with Crippen LogP contribution in [0.1, 0.15) is 24.9 Å². The number of aromatic nitrogens is 3. The van der Waals surface area contributed by atoms with Crippen LogP contribution < -0.4 is 10.6 Å². The van der Waals surface area contributed by atoms with E-state index in [1.165, 1.54) is 11.8 Å². The Bertz CT molecular complexity index is 956. The molecule has 0 aliphatic carbocycles. The summed E-state index contributed by atoms with van der Waals surface area (Å²) in [7, 11) is 1.75. The highest BCUT2D eigenvalue weighted by Gasteiger charge is 2.24. The Kier molecular flexibility index (Phi) is 6.71. The van der Waals surface area contributed by atoms with Gasteiger partial charge in [-0.25, -0.2) is 0 Å². The number of rotatable bonds is 9. The number of anilines is 1. The Labute approximate surface area is 173 Å². The molecule has 0 aliphatic heterocycles. The number of aryl methyl sites for hydroxylation is 1. The minimum Gasteiger partial charge on any atom is -0.467 e. The van der Waals surface area contributed by atoms with Gasteiger partial charge in [0.2, 0.25) is 11.8 Å². The van der Waals surface area contributed by atoms with Crippen LogP contribution in [0.5, 0.6) is 0 Å². The molecule has 3 rings (SSSR count). The lowest BCUT2D eigenvalue weighted by molar-refractivity contribution is -0.118. The molecule has 0 spiro atoms. The third-order valence-electron chi connectivity index (χ3n) is 4.39. The normalized spacial score (nSPS) is 11.9. The molecule has 0 bridgehead atoms. The summed E-state index contributed by atoms with van der Waals surface area (Å²) in [6.07, 6.45) is 2.14. The molecule has 152 valence electrons. The number of nitrogens with zero attached hydrogens (tertiary/aromatic N) is 4. The minimum absolute atomic E-state index is 0.0487. The highest BCUT2D eigenvalue weighted by molar-refractivity contribution is 8.00. The van der Waals surface area contributed by atoms with E-state index in [-0.39, 0.29) is 17.6 Å². The summed E-state index contributed by atoms with van der Waals surface area (Å²) in [5, 5.41) is 8.64. The molecule has 2 aromatic heterocycles. The van der Waals surface area contributed by atoms with Crippen molar-refractivity contribution in [1.82, 2.24) is 14.8 Å². The maximum absolute atomic E-state index is 12.9. The first-order valence-corrected chi connectivity index (χ1v) is 10.1. The lowest BCUT2D eigenvalue weighted by Crippen LogP contribution is -2.33. The highest BCUT2D eigenvalue weighted by atomic mass is 32.2. The predicted octanol–water partition coefficient (Wildman–Crippen LogP) is 2.48. The van der Waals surface area contributed by atoms with Gasteiger partial charge in [-0.1, -0.05) is 30.0 Å². The summed E-state index contributed by atoms with van der Waals surface area (Å²) in [5.74, 6) is 0.901. The first-order valence-electron chi connectivity index (χ1n) is 9.17. The van der Waals surface area contributed by atoms with E-state index in [0.717, 1.165) is 11.4 Å². The van der Waals surface area contributed by atoms with Gasteiger partial charge in [0.15, 0.2) is 5.16 Å². The summed E-state index contributed by atoms with van der Waals surface area (Å²) in [5.41, 5.74) is 6.10. The summed E-state index contributed by atoms with van der Waals surface area (Å²) in [6, 6.07) is 13.1. The van der Waals surface area contributed by atoms with E-state index in [2.05, 4.69) is 10.2 Å². The quantitative estimate of drug-likeness (QED) is 0.540. The van der Waals surface area contributed by atoms with Crippen LogP contribution in [0.4, 0.5) is 5.69 Å². The lowest BCUT2D eigenvalue weighted by Gasteiger charge is -2.21. The predicted molar refractivity (Wildman–Crippen MR) is 111 cm³/mol. The zero-order chi connectivity index (χ0) is 20.8. The fourth-order valence-electron chi connectivity index (χ4n) is 2.80. The largest absolute Gasteiger partial charge is 0.467 e. The van der Waals surface area contributed by atoms with E-state index in [0.29, 0.717) is 23.9 Å². The SMILES string of the molecule is CC(Sc1nnc(CCC(N)=O)n1Cc1ccco1)C(=O)N(C)c1ccccc1. The third-order valence-corrected chi connectivity index (χ3v) is 5.45. The van der Waals surface area contributed by atoms with Crippen LogP contribution in [0, 0.1) is 0 Å². The Morgan fingerprint density at radius 3 is 2.62 bits per heavy atom. The van der Waals surface area contributed by atoms with E-state index in [4.69, 9.17) is 10.2 Å². The van der Waals surface area contributed by atoms with Gasteiger partial charge < -0.3 is 15.1 Å². The van der Waals surface area contributed by atoms with Gasteiger partial charge in [0.25, 0.3) is 0 Å². The van der Waals surface area contributed by atoms with Gasteiger partial charge in [-0.05, 0) is 31.2 Å². The van der Waals surface area contributed by atoms with Crippen LogP contribution in [0.15, 0.2) is 58.3 Å². The molecule has 1 unspecified atom stereocenters. The molecule has 3 aromatic rings. The summed E-state index contributed by atoms with van der Waals surface area (Å²) in [6.45, 7) is 2.24. The van der Waals surface area contributed by atoms with Gasteiger partial charge in [0.05, 0.1) is 18.1 Å². The molecule has 29 heavy (non-hydrogen) atoms. The Morgan fingerprint density at radius 2 is 1.97 bits per heavy atom. The molecule has 0 aliphatic rings. The monoisotopic (exact) mass is 413 g/mol. The van der Waals surface area contributed by atoms with Crippen molar-refractivity contribution in [3.63, 3.8) is 0 Å². The molecular formula is C20H23N5O3S. The van der Waals surface area contributed by atoms with E-state index in [9.17, 15) is 9.59 Å². The molecule has 0 saturated heterocycles. The number of carbonyl (C=O) groups is 2. The number of amides is 2. The van der Waals surface area contributed by atoms with Crippen LogP contribution in [0.2, 0.25) is 0 Å². The molecule has 2 heterocycles. The first kappa shape index (κ1) is 20.7. The Morgan fingerprint density at radius 1 is 1.21 bits per heavy atom. The number of primary amides is 1. The second-order valence-corrected chi connectivity index (χ2v) is 7.83. The van der Waals surface area contributed by atoms with Gasteiger partial charge in [-0.3, -0.25) is 14.2 Å². The summed E-state index contributed by atoms with van der Waals surface area (Å²) in [4.78, 5) is 25.7. The van der Waals surface area contributed by atoms with Gasteiger partial charge in [0, 0.05) is 25.6 Å². The van der Waals surface area contributed by atoms with Crippen LogP contribution in [0.25, 0.3) is 0 Å². The zero-order valence-corrected chi connectivity index (χ0v) is 17.1. The number of nitrogens with two attached hydrogens (primary N) is 1. The van der Waals surface area contributed by atoms with Crippen LogP contribution >= 0.6 is 11.8 Å². The number of carbonyl (C=O) groups excluding carboxylic acids is 2. The van der Waals surface area contributed by atoms with Gasteiger partial charge in [0.1, 0.15) is 11.6 Å². The molecule has 8 nitrogen and oxygen atoms in total. The van der Waals surface area contributed by atoms with E-state index in [1.54, 1.807) is 24.3 Å². The van der Waals surface area contributed by atoms with Crippen LogP contribution in [-0.2, 0) is 22.6 Å². The van der Waals surface area contributed by atoms with Crippen molar-refractivity contribution in [3.8, 4) is 0 Å². The molecule has 1 atom stereocenters. The van der Waals surface area contributed by atoms with Crippen molar-refractivity contribution in [3.05, 3.63) is 60.3 Å². The zero-order valence-electron chi connectivity index (χ0n) is 16.3. The van der Waals surface area contributed by atoms with Crippen LogP contribution in [-0.4, -0.2) is 38.9 Å². The molecule has 2 amide bonds. The molecule has 9 heteroatoms. The van der Waals surface area contributed by atoms with Gasteiger partial charge in [-0.15, -0.1) is 10.2 Å². The second-order valence-electron chi connectivity index (χ2n) is 6.52. The minimum atomic E-state index is -0.403. The van der Waals surface area contributed by atoms with Crippen LogP contribution in [0.3, 0.4) is 0 Å². The number of hydrogen-bond acceptors (Lipinski definition) is 6. The number of benzene rings is 1. The fraction of sp³-hybridized carbons (Fsp3) is 0.300. The molecule has 0 radical (unpaired) electrons. The average molecular weight is 414 g/mol.